The van der Waals surface area contributed by atoms with Gasteiger partial charge in [-0.2, -0.15) is 0 Å². The van der Waals surface area contributed by atoms with E-state index >= 15 is 0 Å². The van der Waals surface area contributed by atoms with Crippen molar-refractivity contribution in [2.45, 2.75) is 33.2 Å². The van der Waals surface area contributed by atoms with Crippen molar-refractivity contribution in [1.82, 2.24) is 15.3 Å². The van der Waals surface area contributed by atoms with Crippen molar-refractivity contribution in [2.75, 3.05) is 11.4 Å². The Bertz CT molecular complexity index is 998. The standard InChI is InChI=1S/C23H24N4O/c1-16-9-11-18(12-10-16)15-24-22(28)20-14-17(2)25-23(26-20)27-13-5-7-19-6-3-4-8-21(19)27/h3-4,6,8-12,14H,5,7,13,15H2,1-2H3,(H,24,28). The van der Waals surface area contributed by atoms with Crippen LogP contribution in [0.4, 0.5) is 11.6 Å². The lowest BCUT2D eigenvalue weighted by Crippen LogP contribution is -2.29. The van der Waals surface area contributed by atoms with E-state index in [-0.39, 0.29) is 5.91 Å². The summed E-state index contributed by atoms with van der Waals surface area (Å²) in [4.78, 5) is 24.0. The number of aryl methyl sites for hydroxylation is 3. The Balaban J connectivity index is 1.56. The number of rotatable bonds is 4. The van der Waals surface area contributed by atoms with Crippen molar-refractivity contribution >= 4 is 17.5 Å². The van der Waals surface area contributed by atoms with Gasteiger partial charge in [0.1, 0.15) is 5.69 Å². The summed E-state index contributed by atoms with van der Waals surface area (Å²) in [6.07, 6.45) is 2.10. The van der Waals surface area contributed by atoms with Gasteiger partial charge in [0.15, 0.2) is 0 Å². The molecule has 0 aliphatic carbocycles. The van der Waals surface area contributed by atoms with Crippen molar-refractivity contribution in [1.29, 1.82) is 0 Å². The number of nitrogens with one attached hydrogen (secondary N) is 1. The molecule has 2 heterocycles. The van der Waals surface area contributed by atoms with Gasteiger partial charge in [0.05, 0.1) is 0 Å². The second-order valence-electron chi connectivity index (χ2n) is 7.25. The first-order chi connectivity index (χ1) is 13.6. The van der Waals surface area contributed by atoms with Gasteiger partial charge in [0.2, 0.25) is 5.95 Å². The fraction of sp³-hybridized carbons (Fsp3) is 0.261. The van der Waals surface area contributed by atoms with Crippen LogP contribution < -0.4 is 10.2 Å². The Morgan fingerprint density at radius 1 is 1.07 bits per heavy atom. The predicted octanol–water partition coefficient (Wildman–Crippen LogP) is 4.11. The molecule has 5 heteroatoms. The summed E-state index contributed by atoms with van der Waals surface area (Å²) in [7, 11) is 0. The minimum atomic E-state index is -0.183. The molecule has 1 aliphatic heterocycles. The lowest BCUT2D eigenvalue weighted by atomic mass is 10.0. The molecule has 1 aromatic heterocycles. The third kappa shape index (κ3) is 3.88. The molecule has 2 aromatic carbocycles. The normalized spacial score (nSPS) is 13.1. The lowest BCUT2D eigenvalue weighted by Gasteiger charge is -2.29. The van der Waals surface area contributed by atoms with Crippen molar-refractivity contribution in [3.63, 3.8) is 0 Å². The summed E-state index contributed by atoms with van der Waals surface area (Å²) in [6.45, 7) is 5.28. The van der Waals surface area contributed by atoms with E-state index in [0.29, 0.717) is 18.2 Å². The number of para-hydroxylation sites is 1. The van der Waals surface area contributed by atoms with Gasteiger partial charge in [-0.25, -0.2) is 9.97 Å². The summed E-state index contributed by atoms with van der Waals surface area (Å²) in [5, 5.41) is 2.96. The number of carbonyl (C=O) groups excluding carboxylic acids is 1. The highest BCUT2D eigenvalue weighted by Gasteiger charge is 2.21. The van der Waals surface area contributed by atoms with E-state index in [1.54, 1.807) is 6.07 Å². The number of nitrogens with zero attached hydrogens (tertiary/aromatic N) is 3. The fourth-order valence-electron chi connectivity index (χ4n) is 3.51. The molecular formula is C23H24N4O. The summed E-state index contributed by atoms with van der Waals surface area (Å²) >= 11 is 0. The first-order valence-electron chi connectivity index (χ1n) is 9.65. The molecule has 4 rings (SSSR count). The van der Waals surface area contributed by atoms with Gasteiger partial charge < -0.3 is 10.2 Å². The first-order valence-corrected chi connectivity index (χ1v) is 9.65. The molecule has 0 saturated carbocycles. The van der Waals surface area contributed by atoms with Gasteiger partial charge in [-0.1, -0.05) is 48.0 Å². The molecule has 0 atom stereocenters. The third-order valence-corrected chi connectivity index (χ3v) is 5.00. The summed E-state index contributed by atoms with van der Waals surface area (Å²) < 4.78 is 0. The molecule has 0 saturated heterocycles. The molecule has 0 bridgehead atoms. The average Bonchev–Trinajstić information content (AvgIpc) is 2.72. The smallest absolute Gasteiger partial charge is 0.270 e. The van der Waals surface area contributed by atoms with Crippen LogP contribution in [-0.4, -0.2) is 22.4 Å². The molecule has 3 aromatic rings. The van der Waals surface area contributed by atoms with E-state index in [2.05, 4.69) is 38.4 Å². The molecule has 142 valence electrons. The Hall–Kier alpha value is -3.21. The number of amides is 1. The topological polar surface area (TPSA) is 58.1 Å². The zero-order valence-electron chi connectivity index (χ0n) is 16.3. The monoisotopic (exact) mass is 372 g/mol. The van der Waals surface area contributed by atoms with Crippen molar-refractivity contribution in [3.05, 3.63) is 82.7 Å². The molecule has 5 nitrogen and oxygen atoms in total. The van der Waals surface area contributed by atoms with E-state index in [1.807, 2.05) is 44.2 Å². The molecule has 28 heavy (non-hydrogen) atoms. The second-order valence-corrected chi connectivity index (χ2v) is 7.25. The van der Waals surface area contributed by atoms with Crippen LogP contribution in [0.2, 0.25) is 0 Å². The molecule has 1 amide bonds. The van der Waals surface area contributed by atoms with Gasteiger partial charge in [-0.05, 0) is 49.9 Å². The predicted molar refractivity (Wildman–Crippen MR) is 111 cm³/mol. The number of carbonyl (C=O) groups is 1. The van der Waals surface area contributed by atoms with Crippen LogP contribution >= 0.6 is 0 Å². The number of benzene rings is 2. The Morgan fingerprint density at radius 3 is 2.68 bits per heavy atom. The Kier molecular flexibility index (Phi) is 5.06. The lowest BCUT2D eigenvalue weighted by molar-refractivity contribution is 0.0945. The van der Waals surface area contributed by atoms with E-state index in [0.717, 1.165) is 36.3 Å². The molecule has 0 radical (unpaired) electrons. The quantitative estimate of drug-likeness (QED) is 0.749. The SMILES string of the molecule is Cc1ccc(CNC(=O)c2cc(C)nc(N3CCCc4ccccc43)n2)cc1. The maximum absolute atomic E-state index is 12.7. The van der Waals surface area contributed by atoms with Crippen molar-refractivity contribution < 1.29 is 4.79 Å². The van der Waals surface area contributed by atoms with Gasteiger partial charge >= 0.3 is 0 Å². The number of hydrogen-bond acceptors (Lipinski definition) is 4. The Morgan fingerprint density at radius 2 is 1.86 bits per heavy atom. The summed E-state index contributed by atoms with van der Waals surface area (Å²) in [6, 6.07) is 18.2. The van der Waals surface area contributed by atoms with E-state index in [9.17, 15) is 4.79 Å². The molecule has 1 N–H and O–H groups in total. The van der Waals surface area contributed by atoms with Gasteiger partial charge in [-0.3, -0.25) is 4.79 Å². The van der Waals surface area contributed by atoms with Crippen LogP contribution in [0.5, 0.6) is 0 Å². The number of aromatic nitrogens is 2. The highest BCUT2D eigenvalue weighted by Crippen LogP contribution is 2.31. The fourth-order valence-corrected chi connectivity index (χ4v) is 3.51. The Labute approximate surface area is 165 Å². The molecule has 0 spiro atoms. The van der Waals surface area contributed by atoms with Gasteiger partial charge in [-0.15, -0.1) is 0 Å². The van der Waals surface area contributed by atoms with Crippen molar-refractivity contribution in [2.24, 2.45) is 0 Å². The number of hydrogen-bond donors (Lipinski definition) is 1. The largest absolute Gasteiger partial charge is 0.347 e. The minimum Gasteiger partial charge on any atom is -0.347 e. The third-order valence-electron chi connectivity index (χ3n) is 5.00. The van der Waals surface area contributed by atoms with Crippen LogP contribution in [0.1, 0.15) is 39.3 Å². The zero-order valence-corrected chi connectivity index (χ0v) is 16.3. The second kappa shape index (κ2) is 7.80. The van der Waals surface area contributed by atoms with Crippen molar-refractivity contribution in [3.8, 4) is 0 Å². The molecular weight excluding hydrogens is 348 g/mol. The maximum atomic E-state index is 12.7. The molecule has 1 aliphatic rings. The van der Waals surface area contributed by atoms with Crippen LogP contribution in [0.15, 0.2) is 54.6 Å². The first kappa shape index (κ1) is 18.2. The van der Waals surface area contributed by atoms with E-state index < -0.39 is 0 Å². The average molecular weight is 372 g/mol. The van der Waals surface area contributed by atoms with Gasteiger partial charge in [0, 0.05) is 24.5 Å². The van der Waals surface area contributed by atoms with E-state index in [1.165, 1.54) is 11.1 Å². The highest BCUT2D eigenvalue weighted by atomic mass is 16.1. The van der Waals surface area contributed by atoms with Crippen LogP contribution in [-0.2, 0) is 13.0 Å². The summed E-state index contributed by atoms with van der Waals surface area (Å²) in [5.41, 5.74) is 5.88. The molecule has 0 fully saturated rings. The minimum absolute atomic E-state index is 0.183. The summed E-state index contributed by atoms with van der Waals surface area (Å²) in [5.74, 6) is 0.408. The van der Waals surface area contributed by atoms with Crippen LogP contribution in [0.25, 0.3) is 0 Å². The van der Waals surface area contributed by atoms with Crippen LogP contribution in [0, 0.1) is 13.8 Å². The van der Waals surface area contributed by atoms with Crippen LogP contribution in [0.3, 0.4) is 0 Å². The van der Waals surface area contributed by atoms with Gasteiger partial charge in [0.25, 0.3) is 5.91 Å². The molecule has 0 unspecified atom stereocenters. The maximum Gasteiger partial charge on any atom is 0.270 e. The van der Waals surface area contributed by atoms with E-state index in [4.69, 9.17) is 0 Å². The highest BCUT2D eigenvalue weighted by molar-refractivity contribution is 5.92. The zero-order chi connectivity index (χ0) is 19.5. The number of fused-ring (bicyclic) bond motifs is 1. The number of anilines is 2.